The number of benzene rings is 1. The Morgan fingerprint density at radius 3 is 2.19 bits per heavy atom. The molecule has 9 nitrogen and oxygen atoms in total. The smallest absolute Gasteiger partial charge is 0.321 e. The van der Waals surface area contributed by atoms with E-state index in [2.05, 4.69) is 16.0 Å². The lowest BCUT2D eigenvalue weighted by atomic mass is 10.0. The first-order valence-electron chi connectivity index (χ1n) is 8.20. The van der Waals surface area contributed by atoms with Crippen LogP contribution in [0.2, 0.25) is 5.02 Å². The van der Waals surface area contributed by atoms with Crippen molar-refractivity contribution >= 4 is 35.5 Å². The number of hydrogen-bond acceptors (Lipinski definition) is 5. The average Bonchev–Trinajstić information content (AvgIpc) is 2.53. The van der Waals surface area contributed by atoms with Crippen LogP contribution in [0.15, 0.2) is 24.3 Å². The van der Waals surface area contributed by atoms with Gasteiger partial charge in [-0.3, -0.25) is 14.9 Å². The van der Waals surface area contributed by atoms with Gasteiger partial charge in [-0.25, -0.2) is 9.59 Å². The maximum atomic E-state index is 12.1. The molecule has 0 heterocycles. The molecule has 1 aromatic rings. The summed E-state index contributed by atoms with van der Waals surface area (Å²) in [4.78, 5) is 46.7. The van der Waals surface area contributed by atoms with Gasteiger partial charge in [0.15, 0.2) is 6.10 Å². The number of esters is 1. The zero-order valence-electron chi connectivity index (χ0n) is 15.2. The number of halogens is 1. The molecule has 10 heteroatoms. The number of hydrogen-bond donors (Lipinski definition) is 4. The summed E-state index contributed by atoms with van der Waals surface area (Å²) in [6.07, 6.45) is -1.46. The second-order valence-electron chi connectivity index (χ2n) is 6.07. The molecule has 0 aliphatic carbocycles. The largest absolute Gasteiger partial charge is 0.452 e. The van der Waals surface area contributed by atoms with Crippen molar-refractivity contribution in [3.8, 4) is 0 Å². The summed E-state index contributed by atoms with van der Waals surface area (Å²) >= 11 is 5.82. The zero-order valence-corrected chi connectivity index (χ0v) is 16.0. The highest BCUT2D eigenvalue weighted by molar-refractivity contribution is 6.30. The molecule has 0 saturated carbocycles. The summed E-state index contributed by atoms with van der Waals surface area (Å²) in [5, 5.41) is 7.47. The molecule has 0 saturated heterocycles. The zero-order chi connectivity index (χ0) is 20.6. The predicted octanol–water partition coefficient (Wildman–Crippen LogP) is 1.61. The lowest BCUT2D eigenvalue weighted by Gasteiger charge is -2.19. The Kier molecular flexibility index (Phi) is 8.53. The van der Waals surface area contributed by atoms with Gasteiger partial charge < -0.3 is 21.1 Å². The molecule has 2 atom stereocenters. The van der Waals surface area contributed by atoms with E-state index in [9.17, 15) is 19.2 Å². The van der Waals surface area contributed by atoms with Crippen molar-refractivity contribution < 1.29 is 23.9 Å². The number of nitrogens with one attached hydrogen (secondary N) is 3. The molecule has 0 aliphatic heterocycles. The maximum Gasteiger partial charge on any atom is 0.321 e. The molecule has 27 heavy (non-hydrogen) atoms. The van der Waals surface area contributed by atoms with Crippen molar-refractivity contribution in [2.24, 2.45) is 5.73 Å². The quantitative estimate of drug-likeness (QED) is 0.516. The molecule has 0 spiro atoms. The number of amides is 5. The van der Waals surface area contributed by atoms with E-state index in [1.54, 1.807) is 38.1 Å². The molecule has 5 amide bonds. The molecule has 0 radical (unpaired) electrons. The number of rotatable bonds is 7. The predicted molar refractivity (Wildman–Crippen MR) is 98.9 cm³/mol. The molecule has 0 aliphatic rings. The lowest BCUT2D eigenvalue weighted by Crippen LogP contribution is -2.46. The summed E-state index contributed by atoms with van der Waals surface area (Å²) in [7, 11) is 0. The van der Waals surface area contributed by atoms with Crippen LogP contribution < -0.4 is 21.7 Å². The van der Waals surface area contributed by atoms with E-state index >= 15 is 0 Å². The van der Waals surface area contributed by atoms with Crippen LogP contribution in [0.4, 0.5) is 9.59 Å². The highest BCUT2D eigenvalue weighted by Crippen LogP contribution is 2.20. The summed E-state index contributed by atoms with van der Waals surface area (Å²) in [6, 6.07) is 4.03. The van der Waals surface area contributed by atoms with Crippen molar-refractivity contribution in [2.45, 2.75) is 45.4 Å². The molecular weight excluding hydrogens is 376 g/mol. The topological polar surface area (TPSA) is 140 Å². The van der Waals surface area contributed by atoms with E-state index in [0.717, 1.165) is 0 Å². The van der Waals surface area contributed by atoms with E-state index in [-0.39, 0.29) is 12.5 Å². The van der Waals surface area contributed by atoms with Gasteiger partial charge in [0.05, 0.1) is 12.5 Å². The van der Waals surface area contributed by atoms with Crippen molar-refractivity contribution in [3.63, 3.8) is 0 Å². The minimum Gasteiger partial charge on any atom is -0.452 e. The monoisotopic (exact) mass is 398 g/mol. The van der Waals surface area contributed by atoms with Crippen LogP contribution in [0.25, 0.3) is 0 Å². The van der Waals surface area contributed by atoms with Crippen LogP contribution in [0.3, 0.4) is 0 Å². The van der Waals surface area contributed by atoms with Gasteiger partial charge in [0.2, 0.25) is 0 Å². The number of carbonyl (C=O) groups is 4. The SMILES string of the molecule is CC(C)NC(=O)NC(=O)[C@@H](C)OC(=O)C[C@@H](NC(N)=O)c1ccc(Cl)cc1. The maximum absolute atomic E-state index is 12.1. The van der Waals surface area contributed by atoms with E-state index in [1.165, 1.54) is 6.92 Å². The first kappa shape index (κ1) is 22.2. The Labute approximate surface area is 161 Å². The number of imide groups is 1. The average molecular weight is 399 g/mol. The normalized spacial score (nSPS) is 12.6. The van der Waals surface area contributed by atoms with Gasteiger partial charge in [0.1, 0.15) is 0 Å². The minimum absolute atomic E-state index is 0.157. The molecule has 1 rings (SSSR count). The van der Waals surface area contributed by atoms with Gasteiger partial charge in [-0.05, 0) is 38.5 Å². The second-order valence-corrected chi connectivity index (χ2v) is 6.50. The molecule has 0 bridgehead atoms. The molecule has 148 valence electrons. The van der Waals surface area contributed by atoms with Crippen molar-refractivity contribution in [1.82, 2.24) is 16.0 Å². The molecular formula is C17H23ClN4O5. The van der Waals surface area contributed by atoms with E-state index in [1.807, 2.05) is 0 Å². The highest BCUT2D eigenvalue weighted by Gasteiger charge is 2.23. The summed E-state index contributed by atoms with van der Waals surface area (Å²) in [5.41, 5.74) is 5.73. The van der Waals surface area contributed by atoms with Gasteiger partial charge in [-0.1, -0.05) is 23.7 Å². The first-order chi connectivity index (χ1) is 12.6. The van der Waals surface area contributed by atoms with Crippen LogP contribution in [0, 0.1) is 0 Å². The third-order valence-electron chi connectivity index (χ3n) is 3.29. The summed E-state index contributed by atoms with van der Waals surface area (Å²) < 4.78 is 5.03. The number of primary amides is 1. The Hall–Kier alpha value is -2.81. The van der Waals surface area contributed by atoms with Crippen molar-refractivity contribution in [3.05, 3.63) is 34.9 Å². The van der Waals surface area contributed by atoms with Crippen LogP contribution in [-0.2, 0) is 14.3 Å². The van der Waals surface area contributed by atoms with Gasteiger partial charge in [-0.15, -0.1) is 0 Å². The Balaban J connectivity index is 2.67. The second kappa shape index (κ2) is 10.4. The number of carbonyl (C=O) groups excluding carboxylic acids is 4. The highest BCUT2D eigenvalue weighted by atomic mass is 35.5. The molecule has 0 unspecified atom stereocenters. The van der Waals surface area contributed by atoms with Crippen LogP contribution in [0.5, 0.6) is 0 Å². The van der Waals surface area contributed by atoms with Gasteiger partial charge in [0, 0.05) is 11.1 Å². The van der Waals surface area contributed by atoms with Crippen LogP contribution in [0.1, 0.15) is 38.8 Å². The fraction of sp³-hybridized carbons (Fsp3) is 0.412. The first-order valence-corrected chi connectivity index (χ1v) is 8.58. The Morgan fingerprint density at radius 1 is 1.07 bits per heavy atom. The van der Waals surface area contributed by atoms with Crippen molar-refractivity contribution in [1.29, 1.82) is 0 Å². The Morgan fingerprint density at radius 2 is 1.67 bits per heavy atom. The Bertz CT molecular complexity index is 693. The fourth-order valence-corrected chi connectivity index (χ4v) is 2.22. The van der Waals surface area contributed by atoms with Gasteiger partial charge >= 0.3 is 18.0 Å². The number of nitrogens with two attached hydrogens (primary N) is 1. The van der Waals surface area contributed by atoms with Crippen LogP contribution >= 0.6 is 11.6 Å². The lowest BCUT2D eigenvalue weighted by molar-refractivity contribution is -0.154. The minimum atomic E-state index is -1.20. The third-order valence-corrected chi connectivity index (χ3v) is 3.55. The summed E-state index contributed by atoms with van der Waals surface area (Å²) in [6.45, 7) is 4.79. The van der Waals surface area contributed by atoms with Crippen molar-refractivity contribution in [2.75, 3.05) is 0 Å². The van der Waals surface area contributed by atoms with Gasteiger partial charge in [-0.2, -0.15) is 0 Å². The number of ether oxygens (including phenoxy) is 1. The van der Waals surface area contributed by atoms with Gasteiger partial charge in [0.25, 0.3) is 5.91 Å². The molecule has 0 fully saturated rings. The van der Waals surface area contributed by atoms with E-state index in [4.69, 9.17) is 22.1 Å². The van der Waals surface area contributed by atoms with E-state index in [0.29, 0.717) is 10.6 Å². The van der Waals surface area contributed by atoms with E-state index < -0.39 is 36.1 Å². The molecule has 5 N–H and O–H groups in total. The molecule has 1 aromatic carbocycles. The fourth-order valence-electron chi connectivity index (χ4n) is 2.10. The number of urea groups is 2. The standard InChI is InChI=1S/C17H23ClN4O5/c1-9(2)20-17(26)22-15(24)10(3)27-14(23)8-13(21-16(19)25)11-4-6-12(18)7-5-11/h4-7,9-10,13H,8H2,1-3H3,(H3,19,21,25)(H2,20,22,24,26)/t10-,13-/m1/s1. The third kappa shape index (κ3) is 8.41. The molecule has 0 aromatic heterocycles. The summed E-state index contributed by atoms with van der Waals surface area (Å²) in [5.74, 6) is -1.52. The van der Waals surface area contributed by atoms with Crippen LogP contribution in [-0.4, -0.2) is 36.1 Å².